The first-order chi connectivity index (χ1) is 13.2. The third-order valence-corrected chi connectivity index (χ3v) is 4.62. The van der Waals surface area contributed by atoms with Crippen LogP contribution >= 0.6 is 0 Å². The van der Waals surface area contributed by atoms with E-state index in [1.807, 2.05) is 30.3 Å². The van der Waals surface area contributed by atoms with Crippen LogP contribution in [0.2, 0.25) is 0 Å². The van der Waals surface area contributed by atoms with Gasteiger partial charge in [-0.05, 0) is 12.1 Å². The van der Waals surface area contributed by atoms with Crippen molar-refractivity contribution in [2.75, 3.05) is 20.1 Å². The molecule has 27 heavy (non-hydrogen) atoms. The molecular formula is C20H24N4O3. The SMILES string of the molecule is CN=C(NCc1ccccc1[N+](=O)[O-])N1CCC(Oc2ccccc2)CC1. The fraction of sp³-hybridized carbons (Fsp3) is 0.350. The number of hydrogen-bond donors (Lipinski definition) is 1. The van der Waals surface area contributed by atoms with Crippen LogP contribution in [0, 0.1) is 10.1 Å². The number of hydrogen-bond acceptors (Lipinski definition) is 4. The van der Waals surface area contributed by atoms with Gasteiger partial charge in [0.15, 0.2) is 5.96 Å². The first kappa shape index (κ1) is 18.7. The number of aliphatic imine (C=N–C) groups is 1. The van der Waals surface area contributed by atoms with Crippen LogP contribution in [0.5, 0.6) is 5.75 Å². The number of nitrogens with zero attached hydrogens (tertiary/aromatic N) is 3. The van der Waals surface area contributed by atoms with Crippen molar-refractivity contribution in [2.24, 2.45) is 4.99 Å². The van der Waals surface area contributed by atoms with E-state index in [1.165, 1.54) is 6.07 Å². The maximum Gasteiger partial charge on any atom is 0.274 e. The molecule has 7 nitrogen and oxygen atoms in total. The Hall–Kier alpha value is -3.09. The van der Waals surface area contributed by atoms with Gasteiger partial charge >= 0.3 is 0 Å². The Morgan fingerprint density at radius 2 is 1.85 bits per heavy atom. The fourth-order valence-corrected chi connectivity index (χ4v) is 3.22. The monoisotopic (exact) mass is 368 g/mol. The molecule has 1 aliphatic heterocycles. The van der Waals surface area contributed by atoms with Gasteiger partial charge in [0.05, 0.1) is 4.92 Å². The molecule has 0 spiro atoms. The van der Waals surface area contributed by atoms with E-state index in [4.69, 9.17) is 4.74 Å². The molecule has 1 aliphatic rings. The molecule has 0 aromatic heterocycles. The molecule has 1 heterocycles. The summed E-state index contributed by atoms with van der Waals surface area (Å²) in [5, 5.41) is 14.4. The number of para-hydroxylation sites is 2. The van der Waals surface area contributed by atoms with E-state index in [2.05, 4.69) is 15.2 Å². The van der Waals surface area contributed by atoms with Crippen molar-refractivity contribution in [1.82, 2.24) is 10.2 Å². The van der Waals surface area contributed by atoms with Crippen LogP contribution < -0.4 is 10.1 Å². The molecule has 3 rings (SSSR count). The standard InChI is InChI=1S/C20H24N4O3/c1-21-20(22-15-16-7-5-6-10-19(16)24(25)26)23-13-11-18(12-14-23)27-17-8-3-2-4-9-17/h2-10,18H,11-15H2,1H3,(H,21,22). The summed E-state index contributed by atoms with van der Waals surface area (Å²) in [5.41, 5.74) is 0.765. The van der Waals surface area contributed by atoms with E-state index < -0.39 is 0 Å². The van der Waals surface area contributed by atoms with Gasteiger partial charge in [0, 0.05) is 51.2 Å². The number of ether oxygens (including phenoxy) is 1. The van der Waals surface area contributed by atoms with Crippen LogP contribution in [0.1, 0.15) is 18.4 Å². The van der Waals surface area contributed by atoms with Crippen molar-refractivity contribution in [3.8, 4) is 5.75 Å². The Morgan fingerprint density at radius 1 is 1.19 bits per heavy atom. The minimum Gasteiger partial charge on any atom is -0.490 e. The Labute approximate surface area is 158 Å². The normalized spacial score (nSPS) is 15.4. The number of guanidine groups is 1. The van der Waals surface area contributed by atoms with E-state index in [0.717, 1.165) is 37.6 Å². The van der Waals surface area contributed by atoms with Gasteiger partial charge in [-0.1, -0.05) is 36.4 Å². The molecule has 0 amide bonds. The summed E-state index contributed by atoms with van der Waals surface area (Å²) in [4.78, 5) is 17.3. The highest BCUT2D eigenvalue weighted by atomic mass is 16.6. The lowest BCUT2D eigenvalue weighted by Crippen LogP contribution is -2.47. The lowest BCUT2D eigenvalue weighted by atomic mass is 10.1. The molecular weight excluding hydrogens is 344 g/mol. The Bertz CT molecular complexity index is 787. The van der Waals surface area contributed by atoms with Gasteiger partial charge in [0.25, 0.3) is 5.69 Å². The topological polar surface area (TPSA) is 80.0 Å². The van der Waals surface area contributed by atoms with Gasteiger partial charge in [0.1, 0.15) is 11.9 Å². The number of nitrogens with one attached hydrogen (secondary N) is 1. The van der Waals surface area contributed by atoms with Gasteiger partial charge in [-0.15, -0.1) is 0 Å². The Kier molecular flexibility index (Phi) is 6.25. The van der Waals surface area contributed by atoms with E-state index in [-0.39, 0.29) is 16.7 Å². The third-order valence-electron chi connectivity index (χ3n) is 4.62. The van der Waals surface area contributed by atoms with Gasteiger partial charge < -0.3 is 15.0 Å². The van der Waals surface area contributed by atoms with Crippen molar-refractivity contribution in [3.63, 3.8) is 0 Å². The third kappa shape index (κ3) is 4.97. The predicted octanol–water partition coefficient (Wildman–Crippen LogP) is 3.21. The lowest BCUT2D eigenvalue weighted by Gasteiger charge is -2.34. The van der Waals surface area contributed by atoms with Crippen LogP contribution in [0.4, 0.5) is 5.69 Å². The number of benzene rings is 2. The first-order valence-electron chi connectivity index (χ1n) is 9.07. The summed E-state index contributed by atoms with van der Waals surface area (Å²) in [5.74, 6) is 1.65. The molecule has 0 aliphatic carbocycles. The van der Waals surface area contributed by atoms with E-state index in [9.17, 15) is 10.1 Å². The molecule has 0 atom stereocenters. The van der Waals surface area contributed by atoms with Gasteiger partial charge in [-0.25, -0.2) is 0 Å². The molecule has 1 N–H and O–H groups in total. The number of nitro groups is 1. The summed E-state index contributed by atoms with van der Waals surface area (Å²) < 4.78 is 6.03. The molecule has 0 unspecified atom stereocenters. The molecule has 0 bridgehead atoms. The van der Waals surface area contributed by atoms with Crippen molar-refractivity contribution < 1.29 is 9.66 Å². The van der Waals surface area contributed by atoms with Crippen molar-refractivity contribution in [2.45, 2.75) is 25.5 Å². The van der Waals surface area contributed by atoms with Crippen LogP contribution in [0.3, 0.4) is 0 Å². The largest absolute Gasteiger partial charge is 0.490 e. The molecule has 2 aromatic carbocycles. The number of rotatable bonds is 5. The fourth-order valence-electron chi connectivity index (χ4n) is 3.22. The highest BCUT2D eigenvalue weighted by Gasteiger charge is 2.23. The second-order valence-corrected chi connectivity index (χ2v) is 6.40. The maximum atomic E-state index is 11.1. The second kappa shape index (κ2) is 9.02. The number of nitro benzene ring substituents is 1. The van der Waals surface area contributed by atoms with E-state index in [1.54, 1.807) is 25.2 Å². The minimum atomic E-state index is -0.355. The van der Waals surface area contributed by atoms with Crippen LogP contribution in [0.25, 0.3) is 0 Å². The van der Waals surface area contributed by atoms with Crippen LogP contribution in [-0.2, 0) is 6.54 Å². The molecule has 7 heteroatoms. The zero-order chi connectivity index (χ0) is 19.1. The number of piperidine rings is 1. The summed E-state index contributed by atoms with van der Waals surface area (Å²) in [6.07, 6.45) is 2.00. The molecule has 1 saturated heterocycles. The molecule has 1 fully saturated rings. The predicted molar refractivity (Wildman–Crippen MR) is 105 cm³/mol. The molecule has 2 aromatic rings. The minimum absolute atomic E-state index is 0.121. The van der Waals surface area contributed by atoms with Gasteiger partial charge in [0.2, 0.25) is 0 Å². The van der Waals surface area contributed by atoms with Gasteiger partial charge in [-0.2, -0.15) is 0 Å². The smallest absolute Gasteiger partial charge is 0.274 e. The average Bonchev–Trinajstić information content (AvgIpc) is 2.70. The zero-order valence-electron chi connectivity index (χ0n) is 15.4. The zero-order valence-corrected chi connectivity index (χ0v) is 15.4. The van der Waals surface area contributed by atoms with Crippen molar-refractivity contribution in [3.05, 3.63) is 70.3 Å². The van der Waals surface area contributed by atoms with Crippen molar-refractivity contribution in [1.29, 1.82) is 0 Å². The second-order valence-electron chi connectivity index (χ2n) is 6.40. The van der Waals surface area contributed by atoms with E-state index in [0.29, 0.717) is 12.1 Å². The first-order valence-corrected chi connectivity index (χ1v) is 9.07. The molecule has 142 valence electrons. The summed E-state index contributed by atoms with van der Waals surface area (Å²) in [6.45, 7) is 2.02. The van der Waals surface area contributed by atoms with E-state index >= 15 is 0 Å². The van der Waals surface area contributed by atoms with Crippen LogP contribution in [-0.4, -0.2) is 42.0 Å². The Morgan fingerprint density at radius 3 is 2.52 bits per heavy atom. The highest BCUT2D eigenvalue weighted by Crippen LogP contribution is 2.20. The van der Waals surface area contributed by atoms with Crippen LogP contribution in [0.15, 0.2) is 59.6 Å². The highest BCUT2D eigenvalue weighted by molar-refractivity contribution is 5.80. The summed E-state index contributed by atoms with van der Waals surface area (Å²) >= 11 is 0. The number of likely N-dealkylation sites (tertiary alicyclic amines) is 1. The Balaban J connectivity index is 1.53. The lowest BCUT2D eigenvalue weighted by molar-refractivity contribution is -0.385. The average molecular weight is 368 g/mol. The summed E-state index contributed by atoms with van der Waals surface area (Å²) in [6, 6.07) is 16.6. The maximum absolute atomic E-state index is 11.1. The summed E-state index contributed by atoms with van der Waals surface area (Å²) in [7, 11) is 1.73. The van der Waals surface area contributed by atoms with Gasteiger partial charge in [-0.3, -0.25) is 15.1 Å². The molecule has 0 saturated carbocycles. The molecule has 0 radical (unpaired) electrons. The quantitative estimate of drug-likeness (QED) is 0.379. The van der Waals surface area contributed by atoms with Crippen molar-refractivity contribution >= 4 is 11.6 Å².